The van der Waals surface area contributed by atoms with Gasteiger partial charge in [0.05, 0.1) is 33.5 Å². The maximum Gasteiger partial charge on any atom is 0.321 e. The van der Waals surface area contributed by atoms with Crippen LogP contribution in [0.25, 0.3) is 12.2 Å². The van der Waals surface area contributed by atoms with Gasteiger partial charge in [0.25, 0.3) is 0 Å². The van der Waals surface area contributed by atoms with Crippen molar-refractivity contribution in [3.05, 3.63) is 53.6 Å². The van der Waals surface area contributed by atoms with Crippen LogP contribution in [0, 0.1) is 10.8 Å². The fourth-order valence-electron chi connectivity index (χ4n) is 3.91. The highest BCUT2D eigenvalue weighted by Gasteiger charge is 2.45. The van der Waals surface area contributed by atoms with Gasteiger partial charge in [-0.1, -0.05) is 24.3 Å². The Morgan fingerprint density at radius 3 is 1.43 bits per heavy atom. The number of rotatable bonds is 7. The Morgan fingerprint density at radius 1 is 0.625 bits per heavy atom. The predicted octanol–water partition coefficient (Wildman–Crippen LogP) is 5.25. The average Bonchev–Trinajstić information content (AvgIpc) is 2.91. The van der Waals surface area contributed by atoms with E-state index in [0.717, 1.165) is 11.3 Å². The molecule has 0 N–H and O–H groups in total. The summed E-state index contributed by atoms with van der Waals surface area (Å²) in [4.78, 5) is 26.4. The van der Waals surface area contributed by atoms with Gasteiger partial charge in [0.15, 0.2) is 11.6 Å². The smallest absolute Gasteiger partial charge is 0.321 e. The molecule has 216 valence electrons. The first-order chi connectivity index (χ1) is 18.7. The highest BCUT2D eigenvalue weighted by molar-refractivity contribution is 5.82. The van der Waals surface area contributed by atoms with Crippen LogP contribution < -0.4 is 14.2 Å². The molecule has 0 atom stereocenters. The molecule has 9 nitrogen and oxygen atoms in total. The minimum atomic E-state index is -1.00. The molecule has 0 aliphatic carbocycles. The fraction of sp³-hybridized carbons (Fsp3) is 0.484. The fourth-order valence-corrected chi connectivity index (χ4v) is 3.91. The molecular weight excluding hydrogens is 516 g/mol. The lowest BCUT2D eigenvalue weighted by Gasteiger charge is -2.39. The molecule has 2 aromatic carbocycles. The zero-order valence-electron chi connectivity index (χ0n) is 24.2. The molecular formula is C31H38O9. The number of methoxy groups -OCH3 is 1. The largest absolute Gasteiger partial charge is 0.497 e. The van der Waals surface area contributed by atoms with E-state index < -0.39 is 34.3 Å². The molecule has 2 heterocycles. The molecule has 0 amide bonds. The number of carbonyl (C=O) groups is 2. The molecule has 0 aromatic heterocycles. The molecule has 0 saturated carbocycles. The predicted molar refractivity (Wildman–Crippen MR) is 148 cm³/mol. The van der Waals surface area contributed by atoms with Gasteiger partial charge in [-0.25, -0.2) is 0 Å². The quantitative estimate of drug-likeness (QED) is 0.258. The minimum Gasteiger partial charge on any atom is -0.497 e. The van der Waals surface area contributed by atoms with Crippen molar-refractivity contribution in [2.75, 3.05) is 33.5 Å². The second-order valence-corrected chi connectivity index (χ2v) is 11.7. The molecule has 2 fully saturated rings. The van der Waals surface area contributed by atoms with Gasteiger partial charge in [-0.3, -0.25) is 9.59 Å². The zero-order valence-corrected chi connectivity index (χ0v) is 24.2. The van der Waals surface area contributed by atoms with Crippen LogP contribution in [0.4, 0.5) is 0 Å². The Bertz CT molecular complexity index is 1170. The number of esters is 2. The molecule has 4 rings (SSSR count). The van der Waals surface area contributed by atoms with Crippen LogP contribution in [0.2, 0.25) is 0 Å². The van der Waals surface area contributed by atoms with Gasteiger partial charge in [0.2, 0.25) is 0 Å². The lowest BCUT2D eigenvalue weighted by molar-refractivity contribution is -0.280. The Morgan fingerprint density at radius 2 is 1.02 bits per heavy atom. The van der Waals surface area contributed by atoms with Crippen LogP contribution in [-0.4, -0.2) is 57.1 Å². The molecule has 0 bridgehead atoms. The van der Waals surface area contributed by atoms with Crippen LogP contribution in [0.1, 0.15) is 52.7 Å². The van der Waals surface area contributed by atoms with E-state index in [9.17, 15) is 9.59 Å². The highest BCUT2D eigenvalue weighted by atomic mass is 16.7. The Kier molecular flexibility index (Phi) is 8.42. The van der Waals surface area contributed by atoms with Gasteiger partial charge in [-0.05, 0) is 76.9 Å². The molecule has 0 spiro atoms. The molecule has 2 aliphatic heterocycles. The van der Waals surface area contributed by atoms with Gasteiger partial charge in [-0.15, -0.1) is 0 Å². The summed E-state index contributed by atoms with van der Waals surface area (Å²) in [5.74, 6) is -1.38. The molecule has 0 radical (unpaired) electrons. The van der Waals surface area contributed by atoms with Crippen molar-refractivity contribution in [3.63, 3.8) is 0 Å². The third-order valence-electron chi connectivity index (χ3n) is 6.85. The third-order valence-corrected chi connectivity index (χ3v) is 6.85. The summed E-state index contributed by atoms with van der Waals surface area (Å²) < 4.78 is 39.6. The lowest BCUT2D eigenvalue weighted by atomic mass is 9.91. The first kappa shape index (κ1) is 29.7. The SMILES string of the molecule is COc1ccc(/C=C/c2cc(OC(=O)C3(C)COC(C)(C)OC3)cc(OC(=O)C3(C)COC(C)(C)OC3)c2)cc1. The summed E-state index contributed by atoms with van der Waals surface area (Å²) in [6, 6.07) is 12.5. The molecule has 2 aromatic rings. The van der Waals surface area contributed by atoms with Gasteiger partial charge in [0, 0.05) is 6.07 Å². The normalized spacial score (nSPS) is 21.0. The number of hydrogen-bond donors (Lipinski definition) is 0. The van der Waals surface area contributed by atoms with Crippen molar-refractivity contribution in [2.45, 2.75) is 53.1 Å². The minimum absolute atomic E-state index is 0.145. The standard InChI is InChI=1S/C31H38O9/c1-28(2)35-17-30(5,18-36-28)26(32)39-24-14-22(9-8-21-10-12-23(34-7)13-11-21)15-25(16-24)40-27(33)31(6)19-37-29(3,4)38-20-31/h8-16H,17-20H2,1-7H3/b9-8+. The third kappa shape index (κ3) is 7.28. The Labute approximate surface area is 235 Å². The van der Waals surface area contributed by atoms with E-state index in [2.05, 4.69) is 0 Å². The van der Waals surface area contributed by atoms with E-state index >= 15 is 0 Å². The van der Waals surface area contributed by atoms with Crippen molar-refractivity contribution in [3.8, 4) is 17.2 Å². The summed E-state index contributed by atoms with van der Waals surface area (Å²) in [5.41, 5.74) is -0.412. The Balaban J connectivity index is 1.57. The number of carbonyl (C=O) groups excluding carboxylic acids is 2. The highest BCUT2D eigenvalue weighted by Crippen LogP contribution is 2.34. The molecule has 9 heteroatoms. The van der Waals surface area contributed by atoms with Gasteiger partial charge in [0.1, 0.15) is 28.1 Å². The number of ether oxygens (including phenoxy) is 7. The van der Waals surface area contributed by atoms with Gasteiger partial charge in [-0.2, -0.15) is 0 Å². The summed E-state index contributed by atoms with van der Waals surface area (Å²) in [6.45, 7) is 11.2. The number of hydrogen-bond acceptors (Lipinski definition) is 9. The second kappa shape index (κ2) is 11.3. The van der Waals surface area contributed by atoms with Crippen molar-refractivity contribution >= 4 is 24.1 Å². The number of benzene rings is 2. The molecule has 2 aliphatic rings. The monoisotopic (exact) mass is 554 g/mol. The summed E-state index contributed by atoms with van der Waals surface area (Å²) >= 11 is 0. The summed E-state index contributed by atoms with van der Waals surface area (Å²) in [6.07, 6.45) is 3.73. The maximum absolute atomic E-state index is 13.2. The molecule has 40 heavy (non-hydrogen) atoms. The van der Waals surface area contributed by atoms with Crippen molar-refractivity contribution in [1.82, 2.24) is 0 Å². The Hall–Kier alpha value is -3.24. The van der Waals surface area contributed by atoms with Crippen LogP contribution in [0.5, 0.6) is 17.2 Å². The topological polar surface area (TPSA) is 98.8 Å². The van der Waals surface area contributed by atoms with Crippen LogP contribution in [0.3, 0.4) is 0 Å². The van der Waals surface area contributed by atoms with E-state index in [4.69, 9.17) is 33.2 Å². The van der Waals surface area contributed by atoms with Crippen LogP contribution >= 0.6 is 0 Å². The van der Waals surface area contributed by atoms with Crippen LogP contribution in [-0.2, 0) is 28.5 Å². The maximum atomic E-state index is 13.2. The summed E-state index contributed by atoms with van der Waals surface area (Å²) in [7, 11) is 1.61. The van der Waals surface area contributed by atoms with Gasteiger partial charge >= 0.3 is 11.9 Å². The summed E-state index contributed by atoms with van der Waals surface area (Å²) in [5, 5.41) is 0. The van der Waals surface area contributed by atoms with E-state index in [0.29, 0.717) is 5.56 Å². The van der Waals surface area contributed by atoms with E-state index in [1.54, 1.807) is 60.8 Å². The molecule has 0 unspecified atom stereocenters. The van der Waals surface area contributed by atoms with Gasteiger partial charge < -0.3 is 33.2 Å². The first-order valence-corrected chi connectivity index (χ1v) is 13.2. The first-order valence-electron chi connectivity index (χ1n) is 13.2. The molecule has 2 saturated heterocycles. The van der Waals surface area contributed by atoms with E-state index in [-0.39, 0.29) is 37.9 Å². The lowest BCUT2D eigenvalue weighted by Crippen LogP contribution is -2.50. The van der Waals surface area contributed by atoms with Crippen molar-refractivity contribution in [2.24, 2.45) is 10.8 Å². The van der Waals surface area contributed by atoms with Crippen LogP contribution in [0.15, 0.2) is 42.5 Å². The second-order valence-electron chi connectivity index (χ2n) is 11.7. The van der Waals surface area contributed by atoms with Crippen molar-refractivity contribution in [1.29, 1.82) is 0 Å². The van der Waals surface area contributed by atoms with E-state index in [1.807, 2.05) is 36.4 Å². The van der Waals surface area contributed by atoms with Crippen molar-refractivity contribution < 1.29 is 42.7 Å². The zero-order chi connectivity index (χ0) is 29.2. The average molecular weight is 555 g/mol. The van der Waals surface area contributed by atoms with E-state index in [1.165, 1.54) is 6.07 Å².